The van der Waals surface area contributed by atoms with Crippen LogP contribution in [0.1, 0.15) is 0 Å². The quantitative estimate of drug-likeness (QED) is 0.804. The fraction of sp³-hybridized carbons (Fsp3) is 0. The van der Waals surface area contributed by atoms with Crippen molar-refractivity contribution in [3.8, 4) is 0 Å². The van der Waals surface area contributed by atoms with Crippen molar-refractivity contribution in [2.45, 2.75) is 0 Å². The van der Waals surface area contributed by atoms with E-state index in [1.807, 2.05) is 0 Å². The number of halogens is 4. The molecule has 0 aromatic heterocycles. The van der Waals surface area contributed by atoms with E-state index in [0.717, 1.165) is 6.07 Å². The summed E-state index contributed by atoms with van der Waals surface area (Å²) in [6, 6.07) is 1.47. The number of amides is 1. The maximum absolute atomic E-state index is 13.1. The lowest BCUT2D eigenvalue weighted by molar-refractivity contribution is -0.112. The number of rotatable bonds is 2. The zero-order valence-electron chi connectivity index (χ0n) is 7.28. The van der Waals surface area contributed by atoms with Crippen LogP contribution in [-0.4, -0.2) is 5.91 Å². The van der Waals surface area contributed by atoms with E-state index in [4.69, 9.17) is 23.2 Å². The van der Waals surface area contributed by atoms with Crippen molar-refractivity contribution in [1.82, 2.24) is 0 Å². The summed E-state index contributed by atoms with van der Waals surface area (Å²) in [7, 11) is 0. The first kappa shape index (κ1) is 11.9. The molecule has 0 heterocycles. The molecule has 15 heavy (non-hydrogen) atoms. The van der Waals surface area contributed by atoms with Gasteiger partial charge in [0.2, 0.25) is 0 Å². The van der Waals surface area contributed by atoms with Crippen molar-refractivity contribution < 1.29 is 13.6 Å². The molecule has 0 unspecified atom stereocenters. The fourth-order valence-electron chi connectivity index (χ4n) is 0.843. The third-order valence-electron chi connectivity index (χ3n) is 1.49. The molecule has 0 spiro atoms. The lowest BCUT2D eigenvalue weighted by Crippen LogP contribution is -2.12. The summed E-state index contributed by atoms with van der Waals surface area (Å²) in [5, 5.41) is 1.49. The van der Waals surface area contributed by atoms with Gasteiger partial charge in [-0.25, -0.2) is 8.78 Å². The van der Waals surface area contributed by atoms with Crippen LogP contribution < -0.4 is 5.32 Å². The Kier molecular flexibility index (Phi) is 3.66. The summed E-state index contributed by atoms with van der Waals surface area (Å²) in [6.45, 7) is 3.14. The second-order valence-electron chi connectivity index (χ2n) is 2.60. The Morgan fingerprint density at radius 3 is 2.47 bits per heavy atom. The van der Waals surface area contributed by atoms with Crippen LogP contribution in [0.3, 0.4) is 0 Å². The van der Waals surface area contributed by atoms with Crippen molar-refractivity contribution in [1.29, 1.82) is 0 Å². The van der Waals surface area contributed by atoms with Gasteiger partial charge in [-0.3, -0.25) is 4.79 Å². The van der Waals surface area contributed by atoms with Crippen LogP contribution in [0.4, 0.5) is 14.5 Å². The Balaban J connectivity index is 3.05. The van der Waals surface area contributed by atoms with Gasteiger partial charge in [-0.15, -0.1) is 0 Å². The summed E-state index contributed by atoms with van der Waals surface area (Å²) < 4.78 is 25.7. The third-order valence-corrected chi connectivity index (χ3v) is 1.96. The van der Waals surface area contributed by atoms with E-state index < -0.39 is 17.5 Å². The third kappa shape index (κ3) is 2.91. The molecule has 1 amide bonds. The molecular formula is C9H5Cl2F2NO. The first-order chi connectivity index (χ1) is 6.91. The topological polar surface area (TPSA) is 29.1 Å². The average molecular weight is 252 g/mol. The van der Waals surface area contributed by atoms with Crippen LogP contribution in [0, 0.1) is 11.6 Å². The summed E-state index contributed by atoms with van der Waals surface area (Å²) >= 11 is 10.8. The van der Waals surface area contributed by atoms with Crippen LogP contribution in [0.25, 0.3) is 0 Å². The molecule has 0 atom stereocenters. The van der Waals surface area contributed by atoms with E-state index in [1.165, 1.54) is 0 Å². The van der Waals surface area contributed by atoms with Gasteiger partial charge >= 0.3 is 0 Å². The van der Waals surface area contributed by atoms with Gasteiger partial charge in [0.15, 0.2) is 5.82 Å². The van der Waals surface area contributed by atoms with Crippen LogP contribution >= 0.6 is 23.2 Å². The van der Waals surface area contributed by atoms with Gasteiger partial charge in [-0.05, 0) is 6.07 Å². The molecule has 2 nitrogen and oxygen atoms in total. The van der Waals surface area contributed by atoms with E-state index >= 15 is 0 Å². The average Bonchev–Trinajstić information content (AvgIpc) is 2.10. The van der Waals surface area contributed by atoms with E-state index in [9.17, 15) is 13.6 Å². The Morgan fingerprint density at radius 1 is 1.40 bits per heavy atom. The van der Waals surface area contributed by atoms with Gasteiger partial charge in [-0.1, -0.05) is 29.8 Å². The van der Waals surface area contributed by atoms with Crippen molar-refractivity contribution in [2.75, 3.05) is 5.32 Å². The maximum Gasteiger partial charge on any atom is 0.266 e. The molecule has 0 radical (unpaired) electrons. The highest BCUT2D eigenvalue weighted by Crippen LogP contribution is 2.26. The molecule has 6 heteroatoms. The van der Waals surface area contributed by atoms with Crippen LogP contribution in [0.5, 0.6) is 0 Å². The number of anilines is 1. The molecule has 0 saturated heterocycles. The van der Waals surface area contributed by atoms with Gasteiger partial charge in [0.25, 0.3) is 5.91 Å². The summed E-state index contributed by atoms with van der Waals surface area (Å²) in [4.78, 5) is 11.0. The number of hydrogen-bond acceptors (Lipinski definition) is 1. The molecule has 80 valence electrons. The molecule has 1 aromatic rings. The Morgan fingerprint density at radius 2 is 2.00 bits per heavy atom. The zero-order valence-corrected chi connectivity index (χ0v) is 8.79. The maximum atomic E-state index is 13.1. The lowest BCUT2D eigenvalue weighted by Gasteiger charge is -2.07. The molecule has 0 bridgehead atoms. The van der Waals surface area contributed by atoms with E-state index in [-0.39, 0.29) is 15.7 Å². The number of benzene rings is 1. The standard InChI is InChI=1S/C9H5Cl2F2NO/c1-4(10)9(15)14-8-6(11)2-5(12)3-7(8)13/h2-3H,1H2,(H,14,15). The number of carbonyl (C=O) groups is 1. The minimum atomic E-state index is -0.980. The lowest BCUT2D eigenvalue weighted by atomic mass is 10.3. The zero-order chi connectivity index (χ0) is 11.6. The summed E-state index contributed by atoms with van der Waals surface area (Å²) in [5.74, 6) is -2.62. The molecule has 0 saturated carbocycles. The Labute approximate surface area is 94.5 Å². The van der Waals surface area contributed by atoms with Crippen molar-refractivity contribution >= 4 is 34.8 Å². The Bertz CT molecular complexity index is 411. The second-order valence-corrected chi connectivity index (χ2v) is 3.47. The highest BCUT2D eigenvalue weighted by molar-refractivity contribution is 6.44. The van der Waals surface area contributed by atoms with E-state index in [0.29, 0.717) is 6.07 Å². The van der Waals surface area contributed by atoms with Crippen LogP contribution in [-0.2, 0) is 4.79 Å². The van der Waals surface area contributed by atoms with E-state index in [2.05, 4.69) is 11.9 Å². The minimum absolute atomic E-state index is 0.251. The molecule has 0 aliphatic carbocycles. The van der Waals surface area contributed by atoms with Gasteiger partial charge < -0.3 is 5.32 Å². The predicted molar refractivity (Wildman–Crippen MR) is 55.0 cm³/mol. The molecule has 0 fully saturated rings. The Hall–Kier alpha value is -1.13. The predicted octanol–water partition coefficient (Wildman–Crippen LogP) is 3.31. The first-order valence-electron chi connectivity index (χ1n) is 3.72. The van der Waals surface area contributed by atoms with Crippen LogP contribution in [0.15, 0.2) is 23.7 Å². The number of nitrogens with one attached hydrogen (secondary N) is 1. The largest absolute Gasteiger partial charge is 0.317 e. The first-order valence-corrected chi connectivity index (χ1v) is 4.47. The number of hydrogen-bond donors (Lipinski definition) is 1. The fourth-order valence-corrected chi connectivity index (χ4v) is 1.13. The second kappa shape index (κ2) is 4.59. The highest BCUT2D eigenvalue weighted by Gasteiger charge is 2.13. The van der Waals surface area contributed by atoms with Crippen LogP contribution in [0.2, 0.25) is 5.02 Å². The molecule has 1 N–H and O–H groups in total. The minimum Gasteiger partial charge on any atom is -0.317 e. The number of carbonyl (C=O) groups excluding carboxylic acids is 1. The van der Waals surface area contributed by atoms with Gasteiger partial charge in [0, 0.05) is 6.07 Å². The summed E-state index contributed by atoms with van der Waals surface area (Å²) in [6.07, 6.45) is 0. The molecule has 0 aliphatic rings. The normalized spacial score (nSPS) is 9.87. The van der Waals surface area contributed by atoms with Gasteiger partial charge in [-0.2, -0.15) is 0 Å². The summed E-state index contributed by atoms with van der Waals surface area (Å²) in [5.41, 5.74) is -0.329. The smallest absolute Gasteiger partial charge is 0.266 e. The molecule has 1 aromatic carbocycles. The monoisotopic (exact) mass is 251 g/mol. The molecular weight excluding hydrogens is 247 g/mol. The van der Waals surface area contributed by atoms with Crippen molar-refractivity contribution in [3.05, 3.63) is 40.4 Å². The van der Waals surface area contributed by atoms with Crippen molar-refractivity contribution in [3.63, 3.8) is 0 Å². The molecule has 1 rings (SSSR count). The highest BCUT2D eigenvalue weighted by atomic mass is 35.5. The SMILES string of the molecule is C=C(Cl)C(=O)Nc1c(F)cc(F)cc1Cl. The van der Waals surface area contributed by atoms with Gasteiger partial charge in [0.1, 0.15) is 5.82 Å². The van der Waals surface area contributed by atoms with E-state index in [1.54, 1.807) is 0 Å². The van der Waals surface area contributed by atoms with Crippen molar-refractivity contribution in [2.24, 2.45) is 0 Å². The molecule has 0 aliphatic heterocycles. The van der Waals surface area contributed by atoms with Gasteiger partial charge in [0.05, 0.1) is 15.7 Å².